The van der Waals surface area contributed by atoms with Gasteiger partial charge < -0.3 is 20.1 Å². The van der Waals surface area contributed by atoms with Gasteiger partial charge >= 0.3 is 6.03 Å². The lowest BCUT2D eigenvalue weighted by Crippen LogP contribution is -2.45. The number of carbonyl (C=O) groups excluding carboxylic acids is 4. The SMILES string of the molecule is COc1ccc(CC(=O)Nc2ccc(C(=O)CN3C(=O)NC(c4ccccc4)(c4ccc(C)cc4)C3=O)cc2)c(OC)c1. The number of benzene rings is 4. The number of ether oxygens (including phenoxy) is 2. The highest BCUT2D eigenvalue weighted by Crippen LogP contribution is 2.36. The second-order valence-electron chi connectivity index (χ2n) is 10.2. The van der Waals surface area contributed by atoms with Crippen molar-refractivity contribution in [2.24, 2.45) is 0 Å². The Balaban J connectivity index is 1.29. The highest BCUT2D eigenvalue weighted by molar-refractivity contribution is 6.13. The second-order valence-corrected chi connectivity index (χ2v) is 10.2. The number of nitrogens with zero attached hydrogens (tertiary/aromatic N) is 1. The summed E-state index contributed by atoms with van der Waals surface area (Å²) in [5.74, 6) is -0.0593. The predicted molar refractivity (Wildman–Crippen MR) is 161 cm³/mol. The van der Waals surface area contributed by atoms with E-state index in [1.165, 1.54) is 7.11 Å². The fourth-order valence-electron chi connectivity index (χ4n) is 5.12. The van der Waals surface area contributed by atoms with Crippen LogP contribution in [0.1, 0.15) is 32.6 Å². The van der Waals surface area contributed by atoms with Crippen molar-refractivity contribution >= 4 is 29.3 Å². The van der Waals surface area contributed by atoms with Crippen LogP contribution >= 0.6 is 0 Å². The van der Waals surface area contributed by atoms with E-state index in [1.807, 2.05) is 37.3 Å². The molecule has 0 aliphatic carbocycles. The number of aryl methyl sites for hydroxylation is 1. The maximum absolute atomic E-state index is 13.9. The molecular formula is C34H31N3O6. The van der Waals surface area contributed by atoms with Gasteiger partial charge in [-0.1, -0.05) is 66.2 Å². The van der Waals surface area contributed by atoms with E-state index >= 15 is 0 Å². The molecule has 0 saturated carbocycles. The lowest BCUT2D eigenvalue weighted by atomic mass is 9.82. The van der Waals surface area contributed by atoms with Gasteiger partial charge in [-0.25, -0.2) is 4.79 Å². The van der Waals surface area contributed by atoms with Gasteiger partial charge in [0.05, 0.1) is 27.2 Å². The van der Waals surface area contributed by atoms with E-state index in [2.05, 4.69) is 10.6 Å². The highest BCUT2D eigenvalue weighted by Gasteiger charge is 2.54. The smallest absolute Gasteiger partial charge is 0.325 e. The fraction of sp³-hybridized carbons (Fsp3) is 0.176. The number of amides is 4. The Morgan fingerprint density at radius 2 is 1.51 bits per heavy atom. The minimum atomic E-state index is -1.45. The van der Waals surface area contributed by atoms with Crippen LogP contribution in [0, 0.1) is 6.92 Å². The van der Waals surface area contributed by atoms with Crippen LogP contribution in [0.15, 0.2) is 97.1 Å². The van der Waals surface area contributed by atoms with Gasteiger partial charge in [-0.15, -0.1) is 0 Å². The summed E-state index contributed by atoms with van der Waals surface area (Å²) in [7, 11) is 3.08. The molecule has 1 saturated heterocycles. The van der Waals surface area contributed by atoms with Gasteiger partial charge in [0.15, 0.2) is 11.3 Å². The second kappa shape index (κ2) is 12.2. The molecule has 9 nitrogen and oxygen atoms in total. The lowest BCUT2D eigenvalue weighted by Gasteiger charge is -2.28. The zero-order valence-electron chi connectivity index (χ0n) is 24.0. The minimum Gasteiger partial charge on any atom is -0.497 e. The number of urea groups is 1. The van der Waals surface area contributed by atoms with E-state index in [1.54, 1.807) is 73.8 Å². The molecule has 0 radical (unpaired) electrons. The fourth-order valence-corrected chi connectivity index (χ4v) is 5.12. The van der Waals surface area contributed by atoms with E-state index < -0.39 is 29.8 Å². The van der Waals surface area contributed by atoms with Crippen molar-refractivity contribution in [2.75, 3.05) is 26.1 Å². The van der Waals surface area contributed by atoms with Crippen molar-refractivity contribution in [3.63, 3.8) is 0 Å². The quantitative estimate of drug-likeness (QED) is 0.205. The van der Waals surface area contributed by atoms with Crippen LogP contribution in [-0.4, -0.2) is 49.3 Å². The molecule has 1 atom stereocenters. The molecule has 4 amide bonds. The zero-order chi connectivity index (χ0) is 30.6. The first-order valence-corrected chi connectivity index (χ1v) is 13.7. The van der Waals surface area contributed by atoms with Crippen molar-refractivity contribution in [3.8, 4) is 11.5 Å². The number of rotatable bonds is 10. The average molecular weight is 578 g/mol. The van der Waals surface area contributed by atoms with E-state index in [9.17, 15) is 19.2 Å². The monoisotopic (exact) mass is 577 g/mol. The van der Waals surface area contributed by atoms with E-state index in [4.69, 9.17) is 9.47 Å². The molecule has 5 rings (SSSR count). The number of hydrogen-bond acceptors (Lipinski definition) is 6. The first-order valence-electron chi connectivity index (χ1n) is 13.7. The van der Waals surface area contributed by atoms with Gasteiger partial charge in [0, 0.05) is 22.9 Å². The molecule has 4 aromatic carbocycles. The maximum atomic E-state index is 13.9. The van der Waals surface area contributed by atoms with Crippen LogP contribution in [0.3, 0.4) is 0 Å². The highest BCUT2D eigenvalue weighted by atomic mass is 16.5. The molecular weight excluding hydrogens is 546 g/mol. The summed E-state index contributed by atoms with van der Waals surface area (Å²) < 4.78 is 10.6. The number of methoxy groups -OCH3 is 2. The Hall–Kier alpha value is -5.44. The summed E-state index contributed by atoms with van der Waals surface area (Å²) in [5, 5.41) is 5.67. The van der Waals surface area contributed by atoms with E-state index in [0.717, 1.165) is 10.5 Å². The summed E-state index contributed by atoms with van der Waals surface area (Å²) in [5.41, 5.74) is 2.24. The van der Waals surface area contributed by atoms with Crippen LogP contribution in [0.2, 0.25) is 0 Å². The largest absolute Gasteiger partial charge is 0.497 e. The molecule has 1 unspecified atom stereocenters. The Kier molecular flexibility index (Phi) is 8.25. The van der Waals surface area contributed by atoms with Crippen molar-refractivity contribution in [3.05, 3.63) is 125 Å². The molecule has 43 heavy (non-hydrogen) atoms. The number of ketones is 1. The Labute approximate surface area is 249 Å². The molecule has 1 aliphatic rings. The number of hydrogen-bond donors (Lipinski definition) is 2. The lowest BCUT2D eigenvalue weighted by molar-refractivity contribution is -0.130. The van der Waals surface area contributed by atoms with E-state index in [0.29, 0.717) is 39.4 Å². The number of carbonyl (C=O) groups is 4. The third kappa shape index (κ3) is 5.83. The Morgan fingerprint density at radius 1 is 0.837 bits per heavy atom. The van der Waals surface area contributed by atoms with Crippen LogP contribution in [0.4, 0.5) is 10.5 Å². The molecule has 9 heteroatoms. The third-order valence-electron chi connectivity index (χ3n) is 7.43. The summed E-state index contributed by atoms with van der Waals surface area (Å²) in [6.07, 6.45) is 0.0736. The zero-order valence-corrected chi connectivity index (χ0v) is 24.0. The number of anilines is 1. The molecule has 1 fully saturated rings. The van der Waals surface area contributed by atoms with Crippen molar-refractivity contribution in [1.29, 1.82) is 0 Å². The van der Waals surface area contributed by atoms with Crippen molar-refractivity contribution in [1.82, 2.24) is 10.2 Å². The van der Waals surface area contributed by atoms with Crippen molar-refractivity contribution in [2.45, 2.75) is 18.9 Å². The van der Waals surface area contributed by atoms with E-state index in [-0.39, 0.29) is 12.3 Å². The van der Waals surface area contributed by atoms with Gasteiger partial charge in [0.2, 0.25) is 5.91 Å². The number of Topliss-reactive ketones (excluding diaryl/α,β-unsaturated/α-hetero) is 1. The molecule has 1 heterocycles. The van der Waals surface area contributed by atoms with Crippen LogP contribution in [0.25, 0.3) is 0 Å². The Bertz CT molecular complexity index is 1670. The van der Waals surface area contributed by atoms with Gasteiger partial charge in [-0.05, 0) is 48.4 Å². The summed E-state index contributed by atoms with van der Waals surface area (Å²) in [6.45, 7) is 1.50. The maximum Gasteiger partial charge on any atom is 0.325 e. The first kappa shape index (κ1) is 29.1. The minimum absolute atomic E-state index is 0.0736. The molecule has 0 aromatic heterocycles. The van der Waals surface area contributed by atoms with Crippen LogP contribution in [0.5, 0.6) is 11.5 Å². The normalized spacial score (nSPS) is 16.0. The molecule has 4 aromatic rings. The van der Waals surface area contributed by atoms with Crippen LogP contribution < -0.4 is 20.1 Å². The summed E-state index contributed by atoms with van der Waals surface area (Å²) >= 11 is 0. The van der Waals surface area contributed by atoms with Crippen molar-refractivity contribution < 1.29 is 28.7 Å². The number of imide groups is 1. The molecule has 0 bridgehead atoms. The average Bonchev–Trinajstić information content (AvgIpc) is 3.28. The molecule has 0 spiro atoms. The predicted octanol–water partition coefficient (Wildman–Crippen LogP) is 4.87. The van der Waals surface area contributed by atoms with Gasteiger partial charge in [0.1, 0.15) is 11.5 Å². The Morgan fingerprint density at radius 3 is 2.16 bits per heavy atom. The van der Waals surface area contributed by atoms with Gasteiger partial charge in [0.25, 0.3) is 5.91 Å². The standard InChI is InChI=1S/C34H31N3O6/c1-22-9-14-26(15-10-22)34(25-7-5-4-6-8-25)32(40)37(33(41)36-34)21-29(38)23-11-16-27(17-12-23)35-31(39)19-24-13-18-28(42-2)20-30(24)43-3/h4-18,20H,19,21H2,1-3H3,(H,35,39)(H,36,41). The topological polar surface area (TPSA) is 114 Å². The molecule has 1 aliphatic heterocycles. The number of nitrogens with one attached hydrogen (secondary N) is 2. The molecule has 218 valence electrons. The summed E-state index contributed by atoms with van der Waals surface area (Å²) in [6, 6.07) is 27.2. The van der Waals surface area contributed by atoms with Crippen LogP contribution in [-0.2, 0) is 21.5 Å². The molecule has 2 N–H and O–H groups in total. The van der Waals surface area contributed by atoms with Gasteiger partial charge in [-0.3, -0.25) is 19.3 Å². The summed E-state index contributed by atoms with van der Waals surface area (Å²) in [4.78, 5) is 54.0. The first-order chi connectivity index (χ1) is 20.7. The third-order valence-corrected chi connectivity index (χ3v) is 7.43. The van der Waals surface area contributed by atoms with Gasteiger partial charge in [-0.2, -0.15) is 0 Å².